The highest BCUT2D eigenvalue weighted by Crippen LogP contribution is 2.32. The second kappa shape index (κ2) is 5.82. The maximum atomic E-state index is 11.5. The minimum Gasteiger partial charge on any atom is -0.350 e. The number of thiazole rings is 1. The van der Waals surface area contributed by atoms with E-state index in [0.717, 1.165) is 22.7 Å². The molecule has 1 aromatic rings. The van der Waals surface area contributed by atoms with Crippen molar-refractivity contribution in [3.05, 3.63) is 16.1 Å². The second-order valence-corrected chi connectivity index (χ2v) is 5.00. The lowest BCUT2D eigenvalue weighted by atomic mass is 10.3. The molecule has 0 saturated heterocycles. The Morgan fingerprint density at radius 3 is 2.69 bits per heavy atom. The molecule has 1 aromatic heterocycles. The number of amides is 1. The molecule has 1 amide bonds. The highest BCUT2D eigenvalue weighted by molar-refractivity contribution is 7.11. The number of nitrogens with one attached hydrogen (secondary N) is 1. The van der Waals surface area contributed by atoms with Gasteiger partial charge in [0.1, 0.15) is 0 Å². The number of nitrogens with zero attached hydrogens (tertiary/aromatic N) is 1. The zero-order chi connectivity index (χ0) is 10.2. The molecule has 4 nitrogen and oxygen atoms in total. The minimum atomic E-state index is -0.570. The van der Waals surface area contributed by atoms with E-state index in [4.69, 9.17) is 5.73 Å². The van der Waals surface area contributed by atoms with Crippen LogP contribution in [0.15, 0.2) is 6.20 Å². The van der Waals surface area contributed by atoms with E-state index >= 15 is 0 Å². The Balaban J connectivity index is 0.00000112. The molecule has 92 valence electrons. The van der Waals surface area contributed by atoms with Crippen LogP contribution in [0.5, 0.6) is 0 Å². The normalized spacial score (nSPS) is 15.6. The second-order valence-electron chi connectivity index (χ2n) is 3.68. The van der Waals surface area contributed by atoms with Crippen LogP contribution in [0, 0.1) is 6.92 Å². The Morgan fingerprint density at radius 2 is 2.25 bits per heavy atom. The van der Waals surface area contributed by atoms with Gasteiger partial charge in [-0.25, -0.2) is 4.98 Å². The molecular formula is C9H15Cl2N3OS. The van der Waals surface area contributed by atoms with Crippen molar-refractivity contribution >= 4 is 42.1 Å². The van der Waals surface area contributed by atoms with Crippen molar-refractivity contribution in [3.63, 3.8) is 0 Å². The summed E-state index contributed by atoms with van der Waals surface area (Å²) >= 11 is 1.59. The number of halogens is 2. The van der Waals surface area contributed by atoms with Gasteiger partial charge in [0.2, 0.25) is 5.91 Å². The van der Waals surface area contributed by atoms with Crippen LogP contribution < -0.4 is 11.1 Å². The predicted octanol–water partition coefficient (Wildman–Crippen LogP) is 1.40. The van der Waals surface area contributed by atoms with Gasteiger partial charge < -0.3 is 11.1 Å². The Bertz CT molecular complexity index is 365. The summed E-state index contributed by atoms with van der Waals surface area (Å²) in [7, 11) is 0. The third kappa shape index (κ3) is 3.59. The van der Waals surface area contributed by atoms with Gasteiger partial charge in [-0.2, -0.15) is 0 Å². The highest BCUT2D eigenvalue weighted by Gasteiger charge is 2.45. The number of rotatable bonds is 3. The van der Waals surface area contributed by atoms with Crippen LogP contribution >= 0.6 is 36.2 Å². The molecule has 16 heavy (non-hydrogen) atoms. The van der Waals surface area contributed by atoms with Crippen molar-refractivity contribution in [1.29, 1.82) is 0 Å². The summed E-state index contributed by atoms with van der Waals surface area (Å²) < 4.78 is 0. The van der Waals surface area contributed by atoms with Crippen molar-refractivity contribution in [3.8, 4) is 0 Å². The van der Waals surface area contributed by atoms with Crippen LogP contribution in [0.25, 0.3) is 0 Å². The molecule has 0 spiro atoms. The molecule has 1 saturated carbocycles. The number of hydrogen-bond acceptors (Lipinski definition) is 4. The molecule has 0 atom stereocenters. The van der Waals surface area contributed by atoms with Gasteiger partial charge in [-0.15, -0.1) is 36.2 Å². The quantitative estimate of drug-likeness (QED) is 0.881. The maximum Gasteiger partial charge on any atom is 0.240 e. The van der Waals surface area contributed by atoms with Crippen molar-refractivity contribution in [2.24, 2.45) is 5.73 Å². The minimum absolute atomic E-state index is 0. The number of nitrogens with two attached hydrogens (primary N) is 1. The van der Waals surface area contributed by atoms with Crippen molar-refractivity contribution < 1.29 is 4.79 Å². The van der Waals surface area contributed by atoms with Gasteiger partial charge >= 0.3 is 0 Å². The fourth-order valence-electron chi connectivity index (χ4n) is 1.19. The number of hydrogen-bond donors (Lipinski definition) is 2. The summed E-state index contributed by atoms with van der Waals surface area (Å²) in [4.78, 5) is 16.6. The number of carbonyl (C=O) groups excluding carboxylic acids is 1. The first-order valence-electron chi connectivity index (χ1n) is 4.59. The topological polar surface area (TPSA) is 68.0 Å². The Morgan fingerprint density at radius 1 is 1.62 bits per heavy atom. The van der Waals surface area contributed by atoms with E-state index in [0.29, 0.717) is 6.54 Å². The first-order chi connectivity index (χ1) is 6.60. The smallest absolute Gasteiger partial charge is 0.240 e. The number of aryl methyl sites for hydroxylation is 1. The Kier molecular flexibility index (Phi) is 5.69. The molecule has 0 radical (unpaired) electrons. The van der Waals surface area contributed by atoms with Gasteiger partial charge in [-0.05, 0) is 19.8 Å². The molecule has 7 heteroatoms. The predicted molar refractivity (Wildman–Crippen MR) is 69.3 cm³/mol. The van der Waals surface area contributed by atoms with Crippen LogP contribution in [0.3, 0.4) is 0 Å². The van der Waals surface area contributed by atoms with Gasteiger partial charge in [-0.1, -0.05) is 0 Å². The Labute approximate surface area is 111 Å². The molecular weight excluding hydrogens is 269 g/mol. The van der Waals surface area contributed by atoms with E-state index in [1.165, 1.54) is 0 Å². The molecule has 2 rings (SSSR count). The van der Waals surface area contributed by atoms with E-state index in [9.17, 15) is 4.79 Å². The molecule has 1 aliphatic carbocycles. The molecule has 3 N–H and O–H groups in total. The molecule has 0 aromatic carbocycles. The van der Waals surface area contributed by atoms with Crippen LogP contribution in [0.2, 0.25) is 0 Å². The zero-order valence-electron chi connectivity index (χ0n) is 8.86. The summed E-state index contributed by atoms with van der Waals surface area (Å²) in [6.45, 7) is 2.49. The van der Waals surface area contributed by atoms with E-state index in [1.807, 2.05) is 6.92 Å². The van der Waals surface area contributed by atoms with Gasteiger partial charge in [0.15, 0.2) is 0 Å². The summed E-state index contributed by atoms with van der Waals surface area (Å²) in [6, 6.07) is 0. The lowest BCUT2D eigenvalue weighted by molar-refractivity contribution is -0.123. The highest BCUT2D eigenvalue weighted by atomic mass is 35.5. The summed E-state index contributed by atoms with van der Waals surface area (Å²) in [6.07, 6.45) is 3.40. The maximum absolute atomic E-state index is 11.5. The van der Waals surface area contributed by atoms with Gasteiger partial charge in [0, 0.05) is 11.1 Å². The SMILES string of the molecule is Cc1ncc(CNC(=O)C2(N)CC2)s1.Cl.Cl. The summed E-state index contributed by atoms with van der Waals surface area (Å²) in [5, 5.41) is 3.84. The number of aromatic nitrogens is 1. The lowest BCUT2D eigenvalue weighted by Gasteiger charge is -2.08. The van der Waals surface area contributed by atoms with Gasteiger partial charge in [0.05, 0.1) is 17.1 Å². The summed E-state index contributed by atoms with van der Waals surface area (Å²) in [5.41, 5.74) is 5.17. The molecule has 1 aliphatic rings. The van der Waals surface area contributed by atoms with Crippen LogP contribution in [-0.4, -0.2) is 16.4 Å². The molecule has 1 heterocycles. The number of carbonyl (C=O) groups is 1. The fraction of sp³-hybridized carbons (Fsp3) is 0.556. The third-order valence-electron chi connectivity index (χ3n) is 2.33. The molecule has 0 aliphatic heterocycles. The average Bonchev–Trinajstić information content (AvgIpc) is 2.76. The average molecular weight is 284 g/mol. The standard InChI is InChI=1S/C9H13N3OS.2ClH/c1-6-11-4-7(14-6)5-12-8(13)9(10)2-3-9;;/h4H,2-3,5,10H2,1H3,(H,12,13);2*1H. The van der Waals surface area contributed by atoms with E-state index in [1.54, 1.807) is 17.5 Å². The fourth-order valence-corrected chi connectivity index (χ4v) is 1.93. The monoisotopic (exact) mass is 283 g/mol. The van der Waals surface area contributed by atoms with Crippen molar-refractivity contribution in [2.45, 2.75) is 31.8 Å². The van der Waals surface area contributed by atoms with E-state index in [2.05, 4.69) is 10.3 Å². The van der Waals surface area contributed by atoms with Crippen molar-refractivity contribution in [1.82, 2.24) is 10.3 Å². The van der Waals surface area contributed by atoms with Gasteiger partial charge in [-0.3, -0.25) is 4.79 Å². The summed E-state index contributed by atoms with van der Waals surface area (Å²) in [5.74, 6) is -0.0384. The molecule has 0 bridgehead atoms. The van der Waals surface area contributed by atoms with Gasteiger partial charge in [0.25, 0.3) is 0 Å². The Hall–Kier alpha value is -0.360. The first kappa shape index (κ1) is 15.6. The first-order valence-corrected chi connectivity index (χ1v) is 5.40. The molecule has 0 unspecified atom stereocenters. The van der Waals surface area contributed by atoms with Crippen LogP contribution in [0.1, 0.15) is 22.7 Å². The molecule has 1 fully saturated rings. The van der Waals surface area contributed by atoms with E-state index in [-0.39, 0.29) is 30.7 Å². The van der Waals surface area contributed by atoms with Crippen LogP contribution in [0.4, 0.5) is 0 Å². The largest absolute Gasteiger partial charge is 0.350 e. The van der Waals surface area contributed by atoms with Crippen molar-refractivity contribution in [2.75, 3.05) is 0 Å². The van der Waals surface area contributed by atoms with E-state index < -0.39 is 5.54 Å². The zero-order valence-corrected chi connectivity index (χ0v) is 11.3. The third-order valence-corrected chi connectivity index (χ3v) is 3.25. The van der Waals surface area contributed by atoms with Crippen LogP contribution in [-0.2, 0) is 11.3 Å². The lowest BCUT2D eigenvalue weighted by Crippen LogP contribution is -2.42.